The van der Waals surface area contributed by atoms with E-state index in [9.17, 15) is 13.6 Å². The molecule has 1 aliphatic heterocycles. The van der Waals surface area contributed by atoms with Crippen molar-refractivity contribution in [1.82, 2.24) is 9.97 Å². The Kier molecular flexibility index (Phi) is 5.99. The Bertz CT molecular complexity index is 991. The first-order valence-electron chi connectivity index (χ1n) is 9.70. The summed E-state index contributed by atoms with van der Waals surface area (Å²) in [6.07, 6.45) is 5.35. The van der Waals surface area contributed by atoms with E-state index in [1.54, 1.807) is 36.8 Å². The topological polar surface area (TPSA) is 58.2 Å². The molecule has 2 atom stereocenters. The van der Waals surface area contributed by atoms with Gasteiger partial charge in [0, 0.05) is 28.7 Å². The predicted molar refractivity (Wildman–Crippen MR) is 109 cm³/mol. The largest absolute Gasteiger partial charge is 0.443 e. The number of hydrogen-bond donors (Lipinski definition) is 1. The van der Waals surface area contributed by atoms with Crippen molar-refractivity contribution in [2.75, 3.05) is 4.90 Å². The van der Waals surface area contributed by atoms with Crippen molar-refractivity contribution in [2.24, 2.45) is 0 Å². The smallest absolute Gasteiger partial charge is 0.415 e. The number of hydrogen-bond acceptors (Lipinski definition) is 3. The molecule has 1 aromatic heterocycles. The van der Waals surface area contributed by atoms with Crippen molar-refractivity contribution in [1.29, 1.82) is 0 Å². The molecular weight excluding hydrogens is 412 g/mol. The molecule has 2 aromatic carbocycles. The van der Waals surface area contributed by atoms with E-state index >= 15 is 0 Å². The second kappa shape index (κ2) is 8.83. The van der Waals surface area contributed by atoms with Crippen molar-refractivity contribution in [3.8, 4) is 0 Å². The number of rotatable bonds is 7. The molecule has 0 bridgehead atoms. The summed E-state index contributed by atoms with van der Waals surface area (Å²) in [5.41, 5.74) is 1.94. The molecule has 1 saturated heterocycles. The van der Waals surface area contributed by atoms with Crippen LogP contribution in [0.15, 0.2) is 55.0 Å². The normalized spacial score (nSPS) is 18.6. The number of benzene rings is 2. The Balaban J connectivity index is 1.57. The zero-order valence-corrected chi connectivity index (χ0v) is 16.8. The van der Waals surface area contributed by atoms with Gasteiger partial charge in [0.2, 0.25) is 0 Å². The second-order valence-corrected chi connectivity index (χ2v) is 7.68. The van der Waals surface area contributed by atoms with Gasteiger partial charge in [0.15, 0.2) is 0 Å². The van der Waals surface area contributed by atoms with Crippen LogP contribution in [0.3, 0.4) is 0 Å². The first-order valence-corrected chi connectivity index (χ1v) is 10.1. The van der Waals surface area contributed by atoms with Crippen molar-refractivity contribution in [2.45, 2.75) is 37.8 Å². The molecule has 0 radical (unpaired) electrons. The number of imidazole rings is 1. The van der Waals surface area contributed by atoms with E-state index in [0.29, 0.717) is 22.7 Å². The van der Waals surface area contributed by atoms with E-state index in [-0.39, 0.29) is 0 Å². The Hall–Kier alpha value is -2.93. The van der Waals surface area contributed by atoms with Crippen LogP contribution in [0.1, 0.15) is 36.6 Å². The quantitative estimate of drug-likeness (QED) is 0.479. The number of carbonyl (C=O) groups is 1. The molecule has 1 amide bonds. The number of aromatic amines is 1. The number of unbranched alkanes of at least 4 members (excludes halogenated alkanes) is 1. The van der Waals surface area contributed by atoms with Gasteiger partial charge in [0.1, 0.15) is 23.8 Å². The number of ether oxygens (including phenoxy) is 1. The van der Waals surface area contributed by atoms with Gasteiger partial charge in [0.25, 0.3) is 0 Å². The molecule has 0 saturated carbocycles. The zero-order valence-electron chi connectivity index (χ0n) is 16.0. The summed E-state index contributed by atoms with van der Waals surface area (Å²) < 4.78 is 33.5. The summed E-state index contributed by atoms with van der Waals surface area (Å²) >= 11 is 5.96. The van der Waals surface area contributed by atoms with E-state index in [4.69, 9.17) is 16.3 Å². The molecule has 4 rings (SSSR count). The van der Waals surface area contributed by atoms with Crippen LogP contribution in [0.2, 0.25) is 5.02 Å². The molecule has 0 unspecified atom stereocenters. The number of amides is 1. The number of nitrogens with one attached hydrogen (secondary N) is 1. The molecule has 1 N–H and O–H groups in total. The van der Waals surface area contributed by atoms with Crippen LogP contribution in [0, 0.1) is 11.6 Å². The number of aryl methyl sites for hydroxylation is 1. The molecule has 2 heterocycles. The number of H-pyrrole nitrogens is 1. The van der Waals surface area contributed by atoms with Crippen LogP contribution in [-0.2, 0) is 11.2 Å². The fourth-order valence-corrected chi connectivity index (χ4v) is 3.93. The first kappa shape index (κ1) is 20.3. The number of cyclic esters (lactones) is 1. The number of carbonyl (C=O) groups excluding carboxylic acids is 1. The zero-order chi connectivity index (χ0) is 21.1. The van der Waals surface area contributed by atoms with Crippen molar-refractivity contribution >= 4 is 23.4 Å². The summed E-state index contributed by atoms with van der Waals surface area (Å²) in [5, 5.41) is 0.523. The van der Waals surface area contributed by atoms with Gasteiger partial charge in [-0.05, 0) is 67.6 Å². The SMILES string of the molecule is O=C1O[C@@H](CCCCc2cnc[nH]2)[C@H](c2cc(F)cc(F)c2)N1c1ccc(Cl)cc1. The van der Waals surface area contributed by atoms with Crippen molar-refractivity contribution < 1.29 is 18.3 Å². The van der Waals surface area contributed by atoms with E-state index in [1.165, 1.54) is 17.0 Å². The molecular formula is C22H20ClF2N3O2. The average Bonchev–Trinajstić information content (AvgIpc) is 3.33. The van der Waals surface area contributed by atoms with Crippen LogP contribution in [0.4, 0.5) is 19.3 Å². The van der Waals surface area contributed by atoms with Gasteiger partial charge in [-0.25, -0.2) is 18.6 Å². The maximum Gasteiger partial charge on any atom is 0.415 e. The summed E-state index contributed by atoms with van der Waals surface area (Å²) in [6, 6.07) is 9.35. The van der Waals surface area contributed by atoms with Crippen LogP contribution < -0.4 is 4.90 Å². The molecule has 1 aliphatic rings. The lowest BCUT2D eigenvalue weighted by Gasteiger charge is -2.25. The van der Waals surface area contributed by atoms with Gasteiger partial charge in [0.05, 0.1) is 6.33 Å². The Morgan fingerprint density at radius 3 is 2.50 bits per heavy atom. The lowest BCUT2D eigenvalue weighted by atomic mass is 9.95. The van der Waals surface area contributed by atoms with E-state index in [0.717, 1.165) is 31.0 Å². The predicted octanol–water partition coefficient (Wildman–Crippen LogP) is 5.82. The monoisotopic (exact) mass is 431 g/mol. The number of nitrogens with zero attached hydrogens (tertiary/aromatic N) is 2. The van der Waals surface area contributed by atoms with Gasteiger partial charge in [-0.3, -0.25) is 4.90 Å². The molecule has 5 nitrogen and oxygen atoms in total. The summed E-state index contributed by atoms with van der Waals surface area (Å²) in [7, 11) is 0. The molecule has 8 heteroatoms. The minimum Gasteiger partial charge on any atom is -0.443 e. The summed E-state index contributed by atoms with van der Waals surface area (Å²) in [4.78, 5) is 21.2. The van der Waals surface area contributed by atoms with Crippen LogP contribution in [-0.4, -0.2) is 22.2 Å². The minimum atomic E-state index is -0.696. The summed E-state index contributed by atoms with van der Waals surface area (Å²) in [6.45, 7) is 0. The van der Waals surface area contributed by atoms with Crippen LogP contribution >= 0.6 is 11.6 Å². The van der Waals surface area contributed by atoms with Gasteiger partial charge in [-0.2, -0.15) is 0 Å². The molecule has 3 aromatic rings. The standard InChI is InChI=1S/C22H20ClF2N3O2/c23-15-5-7-19(8-6-15)28-21(14-9-16(24)11-17(25)10-14)20(30-22(28)29)4-2-1-3-18-12-26-13-27-18/h5-13,20-21H,1-4H2,(H,26,27)/t20-,21-/m0/s1. The highest BCUT2D eigenvalue weighted by Gasteiger charge is 2.43. The Morgan fingerprint density at radius 1 is 1.10 bits per heavy atom. The third-order valence-electron chi connectivity index (χ3n) is 5.15. The molecule has 156 valence electrons. The number of aromatic nitrogens is 2. The average molecular weight is 432 g/mol. The van der Waals surface area contributed by atoms with E-state index in [2.05, 4.69) is 9.97 Å². The summed E-state index contributed by atoms with van der Waals surface area (Å²) in [5.74, 6) is -1.39. The molecule has 1 fully saturated rings. The third kappa shape index (κ3) is 4.46. The highest BCUT2D eigenvalue weighted by atomic mass is 35.5. The van der Waals surface area contributed by atoms with Gasteiger partial charge >= 0.3 is 6.09 Å². The highest BCUT2D eigenvalue weighted by Crippen LogP contribution is 2.40. The number of halogens is 3. The van der Waals surface area contributed by atoms with Gasteiger partial charge in [-0.15, -0.1) is 0 Å². The fraction of sp³-hybridized carbons (Fsp3) is 0.273. The van der Waals surface area contributed by atoms with Crippen molar-refractivity contribution in [3.05, 3.63) is 82.9 Å². The maximum atomic E-state index is 13.9. The Morgan fingerprint density at radius 2 is 1.83 bits per heavy atom. The van der Waals surface area contributed by atoms with Crippen LogP contribution in [0.25, 0.3) is 0 Å². The lowest BCUT2D eigenvalue weighted by Crippen LogP contribution is -2.29. The van der Waals surface area contributed by atoms with Crippen molar-refractivity contribution in [3.63, 3.8) is 0 Å². The third-order valence-corrected chi connectivity index (χ3v) is 5.40. The van der Waals surface area contributed by atoms with E-state index < -0.39 is 29.9 Å². The van der Waals surface area contributed by atoms with Crippen LogP contribution in [0.5, 0.6) is 0 Å². The maximum absolute atomic E-state index is 13.9. The first-order chi connectivity index (χ1) is 14.5. The van der Waals surface area contributed by atoms with E-state index in [1.807, 2.05) is 0 Å². The highest BCUT2D eigenvalue weighted by molar-refractivity contribution is 6.30. The second-order valence-electron chi connectivity index (χ2n) is 7.24. The molecule has 30 heavy (non-hydrogen) atoms. The molecule has 0 aliphatic carbocycles. The fourth-order valence-electron chi connectivity index (χ4n) is 3.81. The van der Waals surface area contributed by atoms with Gasteiger partial charge < -0.3 is 9.72 Å². The number of anilines is 1. The van der Waals surface area contributed by atoms with Gasteiger partial charge in [-0.1, -0.05) is 11.6 Å². The molecule has 0 spiro atoms. The minimum absolute atomic E-state index is 0.354. The lowest BCUT2D eigenvalue weighted by molar-refractivity contribution is 0.124. The Labute approximate surface area is 177 Å².